The number of rotatable bonds is 18. The average molecular weight is 584 g/mol. The summed E-state index contributed by atoms with van der Waals surface area (Å²) in [5, 5.41) is 11.3. The number of unbranched alkanes of at least 4 members (excludes halogenated alkanes) is 1. The minimum absolute atomic E-state index is 0.0271. The van der Waals surface area contributed by atoms with Crippen molar-refractivity contribution in [1.29, 1.82) is 0 Å². The Labute approximate surface area is 245 Å². The highest BCUT2D eigenvalue weighted by Gasteiger charge is 2.40. The Morgan fingerprint density at radius 3 is 2.00 bits per heavy atom. The third-order valence-electron chi connectivity index (χ3n) is 7.04. The van der Waals surface area contributed by atoms with Crippen LogP contribution in [0.5, 0.6) is 0 Å². The molecule has 1 aliphatic heterocycles. The van der Waals surface area contributed by atoms with Crippen molar-refractivity contribution in [2.24, 2.45) is 11.8 Å². The van der Waals surface area contributed by atoms with E-state index in [1.54, 1.807) is 4.90 Å². The molecule has 0 bridgehead atoms. The molecule has 1 aliphatic rings. The van der Waals surface area contributed by atoms with E-state index in [2.05, 4.69) is 21.3 Å². The summed E-state index contributed by atoms with van der Waals surface area (Å²) in [7, 11) is 0. The van der Waals surface area contributed by atoms with Gasteiger partial charge in [0.25, 0.3) is 0 Å². The van der Waals surface area contributed by atoms with E-state index < -0.39 is 36.4 Å². The summed E-state index contributed by atoms with van der Waals surface area (Å²) in [6.45, 7) is 15.9. The molecule has 1 saturated heterocycles. The van der Waals surface area contributed by atoms with E-state index in [1.165, 1.54) is 13.8 Å². The summed E-state index contributed by atoms with van der Waals surface area (Å²) >= 11 is 0. The van der Waals surface area contributed by atoms with Crippen molar-refractivity contribution in [2.45, 2.75) is 118 Å². The zero-order valence-corrected chi connectivity index (χ0v) is 26.2. The van der Waals surface area contributed by atoms with Crippen molar-refractivity contribution in [1.82, 2.24) is 26.2 Å². The second-order valence-electron chi connectivity index (χ2n) is 11.2. The number of nitrogens with zero attached hydrogens (tertiary/aromatic N) is 1. The van der Waals surface area contributed by atoms with Gasteiger partial charge >= 0.3 is 0 Å². The lowest BCUT2D eigenvalue weighted by Gasteiger charge is -2.34. The first-order chi connectivity index (χ1) is 19.3. The third kappa shape index (κ3) is 12.4. The zero-order valence-electron chi connectivity index (χ0n) is 26.2. The molecule has 5 amide bonds. The summed E-state index contributed by atoms with van der Waals surface area (Å²) in [6, 6.07) is -2.76. The van der Waals surface area contributed by atoms with Crippen LogP contribution in [0.4, 0.5) is 0 Å². The highest BCUT2D eigenvalue weighted by atomic mass is 16.7. The monoisotopic (exact) mass is 583 g/mol. The Hall–Kier alpha value is -2.73. The average Bonchev–Trinajstić information content (AvgIpc) is 3.38. The predicted octanol–water partition coefficient (Wildman–Crippen LogP) is 1.47. The number of likely N-dealkylation sites (tertiary alicyclic amines) is 1. The fraction of sp³-hybridized carbons (Fsp3) is 0.828. The Kier molecular flexibility index (Phi) is 16.5. The highest BCUT2D eigenvalue weighted by Crippen LogP contribution is 2.22. The summed E-state index contributed by atoms with van der Waals surface area (Å²) in [4.78, 5) is 64.9. The third-order valence-corrected chi connectivity index (χ3v) is 7.04. The molecule has 236 valence electrons. The lowest BCUT2D eigenvalue weighted by molar-refractivity contribution is -0.166. The van der Waals surface area contributed by atoms with Gasteiger partial charge in [0, 0.05) is 40.2 Å². The fourth-order valence-corrected chi connectivity index (χ4v) is 4.89. The molecule has 1 heterocycles. The van der Waals surface area contributed by atoms with Crippen molar-refractivity contribution in [2.75, 3.05) is 26.3 Å². The Morgan fingerprint density at radius 2 is 1.49 bits per heavy atom. The molecule has 12 heteroatoms. The zero-order chi connectivity index (χ0) is 31.1. The molecule has 1 fully saturated rings. The molecule has 0 aromatic rings. The molecule has 41 heavy (non-hydrogen) atoms. The quantitative estimate of drug-likeness (QED) is 0.141. The normalized spacial score (nSPS) is 17.3. The molecule has 4 N–H and O–H groups in total. The van der Waals surface area contributed by atoms with Gasteiger partial charge in [-0.25, -0.2) is 0 Å². The van der Waals surface area contributed by atoms with Crippen molar-refractivity contribution in [3.05, 3.63) is 0 Å². The molecule has 0 saturated carbocycles. The summed E-state index contributed by atoms with van der Waals surface area (Å²) in [6.07, 6.45) is 2.16. The second kappa shape index (κ2) is 18.7. The predicted molar refractivity (Wildman–Crippen MR) is 155 cm³/mol. The van der Waals surface area contributed by atoms with Gasteiger partial charge in [0.1, 0.15) is 18.1 Å². The summed E-state index contributed by atoms with van der Waals surface area (Å²) < 4.78 is 11.5. The molecule has 12 nitrogen and oxygen atoms in total. The molecule has 0 unspecified atom stereocenters. The first-order valence-corrected chi connectivity index (χ1v) is 15.0. The van der Waals surface area contributed by atoms with Crippen LogP contribution in [0.25, 0.3) is 0 Å². The number of amides is 5. The number of nitrogens with one attached hydrogen (secondary N) is 4. The molecular weight excluding hydrogens is 530 g/mol. The number of hydrogen-bond donors (Lipinski definition) is 4. The van der Waals surface area contributed by atoms with Crippen LogP contribution >= 0.6 is 0 Å². The van der Waals surface area contributed by atoms with Gasteiger partial charge in [0.05, 0.1) is 6.04 Å². The van der Waals surface area contributed by atoms with Crippen LogP contribution in [-0.2, 0) is 33.4 Å². The molecule has 4 atom stereocenters. The Bertz CT molecular complexity index is 860. The Balaban J connectivity index is 2.99. The molecule has 0 aliphatic carbocycles. The number of carbonyl (C=O) groups is 5. The maximum Gasteiger partial charge on any atom is 0.246 e. The van der Waals surface area contributed by atoms with Crippen molar-refractivity contribution in [3.63, 3.8) is 0 Å². The molecule has 0 aromatic heterocycles. The molecule has 0 spiro atoms. The van der Waals surface area contributed by atoms with Gasteiger partial charge in [0.2, 0.25) is 29.5 Å². The van der Waals surface area contributed by atoms with E-state index in [0.29, 0.717) is 58.4 Å². The topological polar surface area (TPSA) is 155 Å². The minimum Gasteiger partial charge on any atom is -0.356 e. The minimum atomic E-state index is -0.868. The highest BCUT2D eigenvalue weighted by molar-refractivity contribution is 5.94. The van der Waals surface area contributed by atoms with Crippen LogP contribution in [0.3, 0.4) is 0 Å². The molecule has 0 aromatic carbocycles. The molecule has 1 rings (SSSR count). The van der Waals surface area contributed by atoms with Crippen LogP contribution in [0.15, 0.2) is 0 Å². The Morgan fingerprint density at radius 1 is 0.854 bits per heavy atom. The SMILES string of the molecule is CCOC(OCC)[C@@H](NC(=O)[C@@H]1CCCN1C(=O)[C@@H](NC(=O)[C@H](CCCCNC(C)=O)NC(C)=O)C(C)C)C(C)C. The van der Waals surface area contributed by atoms with Gasteiger partial charge in [0.15, 0.2) is 6.29 Å². The molecule has 0 radical (unpaired) electrons. The lowest BCUT2D eigenvalue weighted by Crippen LogP contribution is -2.59. The number of hydrogen-bond acceptors (Lipinski definition) is 7. The first-order valence-electron chi connectivity index (χ1n) is 15.0. The maximum absolute atomic E-state index is 13.8. The van der Waals surface area contributed by atoms with Crippen LogP contribution in [0, 0.1) is 11.8 Å². The fourth-order valence-electron chi connectivity index (χ4n) is 4.89. The maximum atomic E-state index is 13.8. The van der Waals surface area contributed by atoms with Crippen molar-refractivity contribution < 1.29 is 33.4 Å². The first kappa shape index (κ1) is 36.3. The van der Waals surface area contributed by atoms with Gasteiger partial charge in [-0.2, -0.15) is 0 Å². The standard InChI is InChI=1S/C29H53N5O7/c1-9-40-29(41-10-2)25(19(5)6)33-27(38)23-15-13-17-34(23)28(39)24(18(3)4)32-26(37)22(31-21(8)36)14-11-12-16-30-20(7)35/h18-19,22-25,29H,9-17H2,1-8H3,(H,30,35)(H,31,36)(H,32,37)(H,33,38)/t22-,23-,24-,25-/m0/s1. The van der Waals surface area contributed by atoms with Crippen LogP contribution < -0.4 is 21.3 Å². The van der Waals surface area contributed by atoms with E-state index in [9.17, 15) is 24.0 Å². The summed E-state index contributed by atoms with van der Waals surface area (Å²) in [5.74, 6) is -1.77. The summed E-state index contributed by atoms with van der Waals surface area (Å²) in [5.41, 5.74) is 0. The van der Waals surface area contributed by atoms with Crippen LogP contribution in [-0.4, -0.2) is 91.2 Å². The van der Waals surface area contributed by atoms with Crippen LogP contribution in [0.2, 0.25) is 0 Å². The van der Waals surface area contributed by atoms with E-state index in [4.69, 9.17) is 9.47 Å². The number of carbonyl (C=O) groups excluding carboxylic acids is 5. The van der Waals surface area contributed by atoms with Crippen molar-refractivity contribution >= 4 is 29.5 Å². The van der Waals surface area contributed by atoms with Crippen LogP contribution in [0.1, 0.15) is 87.5 Å². The largest absolute Gasteiger partial charge is 0.356 e. The van der Waals surface area contributed by atoms with Gasteiger partial charge < -0.3 is 35.6 Å². The van der Waals surface area contributed by atoms with Gasteiger partial charge in [-0.1, -0.05) is 27.7 Å². The van der Waals surface area contributed by atoms with Crippen molar-refractivity contribution in [3.8, 4) is 0 Å². The van der Waals surface area contributed by atoms with Gasteiger partial charge in [-0.3, -0.25) is 24.0 Å². The lowest BCUT2D eigenvalue weighted by atomic mass is 10.00. The molecular formula is C29H53N5O7. The second-order valence-corrected chi connectivity index (χ2v) is 11.2. The van der Waals surface area contributed by atoms with Gasteiger partial charge in [-0.15, -0.1) is 0 Å². The van der Waals surface area contributed by atoms with Gasteiger partial charge in [-0.05, 0) is 57.8 Å². The smallest absolute Gasteiger partial charge is 0.246 e. The van der Waals surface area contributed by atoms with E-state index in [0.717, 1.165) is 0 Å². The van der Waals surface area contributed by atoms with E-state index >= 15 is 0 Å². The van der Waals surface area contributed by atoms with E-state index in [-0.39, 0.29) is 35.5 Å². The van der Waals surface area contributed by atoms with E-state index in [1.807, 2.05) is 41.5 Å². The number of ether oxygens (including phenoxy) is 2.